The number of rotatable bonds is 2. The summed E-state index contributed by atoms with van der Waals surface area (Å²) in [6.45, 7) is 2.44. The molecule has 0 amide bonds. The molecule has 1 aliphatic rings. The van der Waals surface area contributed by atoms with Gasteiger partial charge in [0.2, 0.25) is 0 Å². The summed E-state index contributed by atoms with van der Waals surface area (Å²) in [4.78, 5) is 2.29. The Morgan fingerprint density at radius 3 is 2.95 bits per heavy atom. The van der Waals surface area contributed by atoms with Crippen molar-refractivity contribution in [3.8, 4) is 5.75 Å². The maximum absolute atomic E-state index is 6.27. The predicted octanol–water partition coefficient (Wildman–Crippen LogP) is 3.71. The van der Waals surface area contributed by atoms with Crippen LogP contribution in [0.4, 0.5) is 11.4 Å². The van der Waals surface area contributed by atoms with Crippen LogP contribution in [0.15, 0.2) is 42.5 Å². The van der Waals surface area contributed by atoms with Crippen LogP contribution >= 0.6 is 11.6 Å². The van der Waals surface area contributed by atoms with Gasteiger partial charge in [-0.15, -0.1) is 0 Å². The van der Waals surface area contributed by atoms with Gasteiger partial charge in [0.05, 0.1) is 12.3 Å². The Morgan fingerprint density at radius 2 is 2.05 bits per heavy atom. The molecule has 20 heavy (non-hydrogen) atoms. The molecular formula is C16H17ClN2O. The summed E-state index contributed by atoms with van der Waals surface area (Å²) in [5, 5.41) is 0.752. The van der Waals surface area contributed by atoms with Crippen molar-refractivity contribution in [1.82, 2.24) is 0 Å². The van der Waals surface area contributed by atoms with Crippen molar-refractivity contribution in [2.45, 2.75) is 13.0 Å². The van der Waals surface area contributed by atoms with Gasteiger partial charge in [-0.3, -0.25) is 0 Å². The van der Waals surface area contributed by atoms with Crippen molar-refractivity contribution in [2.75, 3.05) is 23.8 Å². The van der Waals surface area contributed by atoms with E-state index in [1.807, 2.05) is 36.4 Å². The Kier molecular flexibility index (Phi) is 3.70. The number of anilines is 2. The molecule has 1 heterocycles. The highest BCUT2D eigenvalue weighted by Gasteiger charge is 2.17. The Bertz CT molecular complexity index is 615. The molecule has 2 aromatic carbocycles. The molecule has 104 valence electrons. The molecule has 0 aromatic heterocycles. The van der Waals surface area contributed by atoms with Gasteiger partial charge in [-0.25, -0.2) is 0 Å². The van der Waals surface area contributed by atoms with Crippen LogP contribution in [0, 0.1) is 0 Å². The molecule has 1 aliphatic heterocycles. The fourth-order valence-electron chi connectivity index (χ4n) is 2.48. The summed E-state index contributed by atoms with van der Waals surface area (Å²) in [6, 6.07) is 13.7. The van der Waals surface area contributed by atoms with Gasteiger partial charge in [-0.2, -0.15) is 0 Å². The molecule has 0 atom stereocenters. The van der Waals surface area contributed by atoms with Crippen molar-refractivity contribution in [3.63, 3.8) is 0 Å². The highest BCUT2D eigenvalue weighted by molar-refractivity contribution is 6.31. The molecule has 2 aromatic rings. The average molecular weight is 289 g/mol. The minimum atomic E-state index is 0.740. The molecule has 0 saturated carbocycles. The van der Waals surface area contributed by atoms with Crippen molar-refractivity contribution in [2.24, 2.45) is 0 Å². The Morgan fingerprint density at radius 1 is 1.20 bits per heavy atom. The summed E-state index contributed by atoms with van der Waals surface area (Å²) in [5.41, 5.74) is 8.75. The fraction of sp³-hybridized carbons (Fsp3) is 0.250. The number of nitrogen functional groups attached to an aromatic ring is 1. The highest BCUT2D eigenvalue weighted by Crippen LogP contribution is 2.32. The smallest absolute Gasteiger partial charge is 0.142 e. The van der Waals surface area contributed by atoms with Crippen LogP contribution in [0.5, 0.6) is 5.75 Å². The van der Waals surface area contributed by atoms with E-state index in [1.54, 1.807) is 0 Å². The van der Waals surface area contributed by atoms with E-state index in [0.717, 1.165) is 53.8 Å². The molecule has 0 spiro atoms. The molecule has 4 heteroatoms. The number of halogens is 1. The molecule has 3 rings (SSSR count). The maximum Gasteiger partial charge on any atom is 0.142 e. The number of para-hydroxylation sites is 2. The molecular weight excluding hydrogens is 272 g/mol. The van der Waals surface area contributed by atoms with Crippen LogP contribution in [-0.2, 0) is 6.54 Å². The van der Waals surface area contributed by atoms with Gasteiger partial charge in [-0.1, -0.05) is 23.7 Å². The van der Waals surface area contributed by atoms with E-state index in [1.165, 1.54) is 0 Å². The van der Waals surface area contributed by atoms with Crippen molar-refractivity contribution < 1.29 is 4.74 Å². The molecule has 0 aliphatic carbocycles. The minimum absolute atomic E-state index is 0.740. The first-order chi connectivity index (χ1) is 9.74. The highest BCUT2D eigenvalue weighted by atomic mass is 35.5. The number of nitrogens with two attached hydrogens (primary N) is 1. The molecule has 0 fully saturated rings. The molecule has 0 unspecified atom stereocenters. The van der Waals surface area contributed by atoms with E-state index in [0.29, 0.717) is 0 Å². The van der Waals surface area contributed by atoms with Crippen molar-refractivity contribution in [1.29, 1.82) is 0 Å². The zero-order chi connectivity index (χ0) is 13.9. The quantitative estimate of drug-likeness (QED) is 0.856. The number of benzene rings is 2. The fourth-order valence-corrected chi connectivity index (χ4v) is 2.66. The van der Waals surface area contributed by atoms with E-state index >= 15 is 0 Å². The molecule has 0 saturated heterocycles. The number of nitrogens with zero attached hydrogens (tertiary/aromatic N) is 1. The van der Waals surface area contributed by atoms with E-state index in [4.69, 9.17) is 22.1 Å². The predicted molar refractivity (Wildman–Crippen MR) is 83.5 cm³/mol. The standard InChI is InChI=1S/C16H17ClN2O/c17-14-7-6-13(18)10-12(14)11-19-8-3-9-20-16-5-2-1-4-15(16)19/h1-2,4-7,10H,3,8-9,11,18H2. The van der Waals surface area contributed by atoms with Gasteiger partial charge in [0.15, 0.2) is 0 Å². The maximum atomic E-state index is 6.27. The lowest BCUT2D eigenvalue weighted by atomic mass is 10.1. The lowest BCUT2D eigenvalue weighted by molar-refractivity contribution is 0.322. The second-order valence-corrected chi connectivity index (χ2v) is 5.35. The first-order valence-electron chi connectivity index (χ1n) is 6.75. The molecule has 3 nitrogen and oxygen atoms in total. The monoisotopic (exact) mass is 288 g/mol. The topological polar surface area (TPSA) is 38.5 Å². The van der Waals surface area contributed by atoms with Gasteiger partial charge in [-0.05, 0) is 42.3 Å². The van der Waals surface area contributed by atoms with Crippen molar-refractivity contribution in [3.05, 3.63) is 53.1 Å². The van der Waals surface area contributed by atoms with E-state index in [2.05, 4.69) is 11.0 Å². The Hall–Kier alpha value is -1.87. The lowest BCUT2D eigenvalue weighted by Gasteiger charge is -2.24. The third kappa shape index (κ3) is 2.68. The summed E-state index contributed by atoms with van der Waals surface area (Å²) >= 11 is 6.27. The second-order valence-electron chi connectivity index (χ2n) is 4.94. The van der Waals surface area contributed by atoms with Crippen molar-refractivity contribution >= 4 is 23.0 Å². The number of fused-ring (bicyclic) bond motifs is 1. The van der Waals surface area contributed by atoms with Crippen LogP contribution in [0.1, 0.15) is 12.0 Å². The van der Waals surface area contributed by atoms with E-state index < -0.39 is 0 Å². The van der Waals surface area contributed by atoms with Crippen LogP contribution < -0.4 is 15.4 Å². The normalized spacial score (nSPS) is 14.3. The largest absolute Gasteiger partial charge is 0.491 e. The zero-order valence-corrected chi connectivity index (χ0v) is 11.9. The van der Waals surface area contributed by atoms with Crippen LogP contribution in [0.3, 0.4) is 0 Å². The van der Waals surface area contributed by atoms with Crippen LogP contribution in [0.25, 0.3) is 0 Å². The van der Waals surface area contributed by atoms with Gasteiger partial charge in [0, 0.05) is 23.8 Å². The second kappa shape index (κ2) is 5.63. The number of ether oxygens (including phenoxy) is 1. The van der Waals surface area contributed by atoms with E-state index in [-0.39, 0.29) is 0 Å². The van der Waals surface area contributed by atoms with Gasteiger partial charge in [0.25, 0.3) is 0 Å². The number of hydrogen-bond acceptors (Lipinski definition) is 3. The summed E-state index contributed by atoms with van der Waals surface area (Å²) in [6.07, 6.45) is 0.995. The van der Waals surface area contributed by atoms with E-state index in [9.17, 15) is 0 Å². The SMILES string of the molecule is Nc1ccc(Cl)c(CN2CCCOc3ccccc32)c1. The Labute approximate surface area is 123 Å². The van der Waals surface area contributed by atoms with Gasteiger partial charge < -0.3 is 15.4 Å². The van der Waals surface area contributed by atoms with Gasteiger partial charge in [0.1, 0.15) is 5.75 Å². The van der Waals surface area contributed by atoms with Crippen LogP contribution in [-0.4, -0.2) is 13.2 Å². The third-order valence-corrected chi connectivity index (χ3v) is 3.84. The third-order valence-electron chi connectivity index (χ3n) is 3.47. The zero-order valence-electron chi connectivity index (χ0n) is 11.2. The first-order valence-corrected chi connectivity index (χ1v) is 7.12. The average Bonchev–Trinajstić information content (AvgIpc) is 2.66. The molecule has 2 N–H and O–H groups in total. The number of hydrogen-bond donors (Lipinski definition) is 1. The Balaban J connectivity index is 1.92. The van der Waals surface area contributed by atoms with Gasteiger partial charge >= 0.3 is 0 Å². The summed E-state index contributed by atoms with van der Waals surface area (Å²) < 4.78 is 5.77. The summed E-state index contributed by atoms with van der Waals surface area (Å²) in [7, 11) is 0. The molecule has 0 radical (unpaired) electrons. The minimum Gasteiger partial charge on any atom is -0.491 e. The summed E-state index contributed by atoms with van der Waals surface area (Å²) in [5.74, 6) is 0.935. The lowest BCUT2D eigenvalue weighted by Crippen LogP contribution is -2.23. The molecule has 0 bridgehead atoms. The first kappa shape index (κ1) is 13.1. The van der Waals surface area contributed by atoms with Crippen LogP contribution in [0.2, 0.25) is 5.02 Å².